The number of hydrogen-bond acceptors (Lipinski definition) is 13. The molecule has 67 heavy (non-hydrogen) atoms. The number of ether oxygens (including phenoxy) is 1. The minimum Gasteiger partial charge on any atom is -0.455 e. The van der Waals surface area contributed by atoms with Crippen LogP contribution in [-0.2, 0) is 19.8 Å². The second kappa shape index (κ2) is 18.8. The Kier molecular flexibility index (Phi) is 13.1. The summed E-state index contributed by atoms with van der Waals surface area (Å²) >= 11 is 0. The molecular weight excluding hydrogens is 891 g/mol. The molecule has 2 saturated heterocycles. The Morgan fingerprint density at radius 1 is 0.970 bits per heavy atom. The van der Waals surface area contributed by atoms with Gasteiger partial charge in [0.2, 0.25) is 5.82 Å². The maximum atomic E-state index is 14.0. The van der Waals surface area contributed by atoms with Crippen LogP contribution < -0.4 is 19.7 Å². The van der Waals surface area contributed by atoms with Gasteiger partial charge in [0.1, 0.15) is 22.0 Å². The number of likely N-dealkylation sites (tertiary alicyclic amines) is 1. The number of aromatic nitrogens is 3. The first-order valence-corrected chi connectivity index (χ1v) is 27.3. The number of pyridine rings is 2. The van der Waals surface area contributed by atoms with Crippen molar-refractivity contribution in [3.63, 3.8) is 0 Å². The SMILES string of the molecule is CC(C)c1ccccc1[C@@H]1CCCN1C1CC2(CCN(c3ccc(C(=O)NS(=O)(=O)c4cnc(NCC5CCC(N=S(C)(C)=O)CC5)c([N+](=O)[O-])c4)c(Oc4cnc5[nH]ccc5c4)c3)CC2)C1. The summed E-state index contributed by atoms with van der Waals surface area (Å²) < 4.78 is 52.5. The molecule has 2 aliphatic heterocycles. The lowest BCUT2D eigenvalue weighted by atomic mass is 9.59. The van der Waals surface area contributed by atoms with Gasteiger partial charge in [-0.2, -0.15) is 0 Å². The summed E-state index contributed by atoms with van der Waals surface area (Å²) in [5.41, 5.74) is 4.18. The van der Waals surface area contributed by atoms with Crippen LogP contribution in [0.25, 0.3) is 11.0 Å². The molecule has 4 aliphatic rings. The van der Waals surface area contributed by atoms with Crippen LogP contribution in [0, 0.1) is 21.4 Å². The molecule has 1 spiro atoms. The van der Waals surface area contributed by atoms with Crippen molar-refractivity contribution in [3.05, 3.63) is 106 Å². The summed E-state index contributed by atoms with van der Waals surface area (Å²) in [6.07, 6.45) is 17.6. The van der Waals surface area contributed by atoms with Crippen LogP contribution in [0.5, 0.6) is 11.5 Å². The molecule has 356 valence electrons. The maximum Gasteiger partial charge on any atom is 0.312 e. The summed E-state index contributed by atoms with van der Waals surface area (Å²) in [7, 11) is -6.84. The number of anilines is 2. The van der Waals surface area contributed by atoms with E-state index in [2.05, 4.69) is 77.3 Å². The van der Waals surface area contributed by atoms with Crippen molar-refractivity contribution in [1.29, 1.82) is 0 Å². The highest BCUT2D eigenvalue weighted by Crippen LogP contribution is 2.54. The van der Waals surface area contributed by atoms with Crippen molar-refractivity contribution in [3.8, 4) is 11.5 Å². The molecule has 3 N–H and O–H groups in total. The molecule has 5 heterocycles. The van der Waals surface area contributed by atoms with Gasteiger partial charge in [0.15, 0.2) is 0 Å². The van der Waals surface area contributed by atoms with Crippen LogP contribution >= 0.6 is 0 Å². The predicted molar refractivity (Wildman–Crippen MR) is 261 cm³/mol. The zero-order chi connectivity index (χ0) is 47.1. The Labute approximate surface area is 393 Å². The van der Waals surface area contributed by atoms with E-state index in [0.717, 1.165) is 81.5 Å². The second-order valence-corrected chi connectivity index (χ2v) is 23.9. The molecule has 0 unspecified atom stereocenters. The standard InChI is InChI=1S/C49H61N9O7S2/c1-32(2)40-8-5-6-9-41(40)43-10-7-21-57(43)37-27-49(28-37)18-22-56(23-19-49)36-15-16-42(45(25-36)65-38-24-34-17-20-50-46(34)52-30-38)48(59)55-67(63,64)39-26-44(58(60)61)47(53-31-39)51-29-33-11-13-35(14-12-33)54-66(3,4)62/h5-6,8-9,15-17,20,24-26,30-33,35,37,43H,7,10-14,18-19,21-23,27-29H2,1-4H3,(H,50,52)(H,51,53)(H,55,59)/t33?,35?,43-/m0/s1. The quantitative estimate of drug-likeness (QED) is 0.0704. The van der Waals surface area contributed by atoms with Crippen molar-refractivity contribution in [2.75, 3.05) is 48.9 Å². The van der Waals surface area contributed by atoms with E-state index in [1.165, 1.54) is 43.0 Å². The van der Waals surface area contributed by atoms with Crippen molar-refractivity contribution in [2.24, 2.45) is 15.7 Å². The minimum absolute atomic E-state index is 0.0218. The Morgan fingerprint density at radius 2 is 1.73 bits per heavy atom. The average molecular weight is 952 g/mol. The zero-order valence-electron chi connectivity index (χ0n) is 38.6. The van der Waals surface area contributed by atoms with Gasteiger partial charge in [-0.25, -0.2) is 27.5 Å². The first-order valence-electron chi connectivity index (χ1n) is 23.5. The molecular formula is C49H61N9O7S2. The number of nitro groups is 1. The molecule has 2 aromatic carbocycles. The van der Waals surface area contributed by atoms with Gasteiger partial charge in [0.05, 0.1) is 28.9 Å². The molecule has 3 aromatic heterocycles. The molecule has 4 fully saturated rings. The van der Waals surface area contributed by atoms with E-state index in [4.69, 9.17) is 4.74 Å². The normalized spacial score (nSPS) is 21.3. The largest absolute Gasteiger partial charge is 0.455 e. The van der Waals surface area contributed by atoms with Crippen LogP contribution in [0.2, 0.25) is 0 Å². The number of aromatic amines is 1. The fourth-order valence-corrected chi connectivity index (χ4v) is 12.8. The van der Waals surface area contributed by atoms with Gasteiger partial charge in [-0.05, 0) is 123 Å². The molecule has 9 rings (SSSR count). The zero-order valence-corrected chi connectivity index (χ0v) is 40.3. The molecule has 16 nitrogen and oxygen atoms in total. The molecule has 1 amide bonds. The van der Waals surface area contributed by atoms with E-state index in [9.17, 15) is 27.5 Å². The smallest absolute Gasteiger partial charge is 0.312 e. The van der Waals surface area contributed by atoms with Crippen molar-refractivity contribution in [1.82, 2.24) is 24.6 Å². The monoisotopic (exact) mass is 951 g/mol. The highest BCUT2D eigenvalue weighted by atomic mass is 32.2. The number of rotatable bonds is 14. The van der Waals surface area contributed by atoms with Crippen LogP contribution in [0.4, 0.5) is 17.2 Å². The Hall–Kier alpha value is -5.59. The van der Waals surface area contributed by atoms with E-state index in [-0.39, 0.29) is 29.1 Å². The maximum absolute atomic E-state index is 14.0. The molecule has 2 aliphatic carbocycles. The highest BCUT2D eigenvalue weighted by Gasteiger charge is 2.50. The third-order valence-corrected chi connectivity index (χ3v) is 16.5. The van der Waals surface area contributed by atoms with Gasteiger partial charge >= 0.3 is 5.69 Å². The summed E-state index contributed by atoms with van der Waals surface area (Å²) in [6.45, 7) is 7.76. The van der Waals surface area contributed by atoms with Crippen molar-refractivity contribution in [2.45, 2.75) is 107 Å². The van der Waals surface area contributed by atoms with Crippen LogP contribution in [0.15, 0.2) is 88.5 Å². The number of benzene rings is 2. The number of sulfonamides is 1. The highest BCUT2D eigenvalue weighted by molar-refractivity contribution is 7.92. The summed E-state index contributed by atoms with van der Waals surface area (Å²) in [5, 5.41) is 16.0. The third-order valence-electron chi connectivity index (χ3n) is 14.4. The van der Waals surface area contributed by atoms with E-state index in [0.29, 0.717) is 41.4 Å². The molecule has 18 heteroatoms. The van der Waals surface area contributed by atoms with Crippen LogP contribution in [-0.4, -0.2) is 94.1 Å². The number of H-pyrrole nitrogens is 1. The minimum atomic E-state index is -4.64. The summed E-state index contributed by atoms with van der Waals surface area (Å²) in [5.74, 6) is 0.114. The second-order valence-electron chi connectivity index (χ2n) is 19.7. The van der Waals surface area contributed by atoms with Gasteiger partial charge in [0.25, 0.3) is 15.9 Å². The number of amides is 1. The van der Waals surface area contributed by atoms with E-state index < -0.39 is 41.2 Å². The van der Waals surface area contributed by atoms with Crippen molar-refractivity contribution >= 4 is 53.9 Å². The van der Waals surface area contributed by atoms with Gasteiger partial charge in [-0.15, -0.1) is 0 Å². The van der Waals surface area contributed by atoms with E-state index in [1.807, 2.05) is 12.1 Å². The number of hydrogen-bond donors (Lipinski definition) is 3. The average Bonchev–Trinajstić information content (AvgIpc) is 3.97. The Balaban J connectivity index is 0.882. The summed E-state index contributed by atoms with van der Waals surface area (Å²) in [4.78, 5) is 41.7. The third kappa shape index (κ3) is 10.3. The summed E-state index contributed by atoms with van der Waals surface area (Å²) in [6, 6.07) is 19.7. The first-order chi connectivity index (χ1) is 32.0. The number of carbonyl (C=O) groups is 1. The van der Waals surface area contributed by atoms with Gasteiger partial charge in [-0.1, -0.05) is 38.1 Å². The fraction of sp³-hybridized carbons (Fsp3) is 0.490. The van der Waals surface area contributed by atoms with E-state index in [1.54, 1.807) is 36.9 Å². The van der Waals surface area contributed by atoms with Gasteiger partial charge in [0, 0.05) is 83.4 Å². The first kappa shape index (κ1) is 46.5. The Morgan fingerprint density at radius 3 is 2.46 bits per heavy atom. The van der Waals surface area contributed by atoms with Crippen LogP contribution in [0.3, 0.4) is 0 Å². The van der Waals surface area contributed by atoms with Crippen LogP contribution in [0.1, 0.15) is 112 Å². The lowest BCUT2D eigenvalue weighted by molar-refractivity contribution is -0.384. The van der Waals surface area contributed by atoms with Gasteiger partial charge < -0.3 is 19.9 Å². The van der Waals surface area contributed by atoms with Crippen molar-refractivity contribution < 1.29 is 27.1 Å². The fourth-order valence-electron chi connectivity index (χ4n) is 11.0. The number of carbonyl (C=O) groups excluding carboxylic acids is 1. The molecule has 5 aromatic rings. The predicted octanol–water partition coefficient (Wildman–Crippen LogP) is 9.18. The number of piperidine rings is 1. The molecule has 1 atom stereocenters. The molecule has 0 radical (unpaired) electrons. The topological polar surface area (TPSA) is 205 Å². The molecule has 2 saturated carbocycles. The van der Waals surface area contributed by atoms with Gasteiger partial charge in [-0.3, -0.25) is 24.0 Å². The number of fused-ring (bicyclic) bond motifs is 1. The molecule has 0 bridgehead atoms. The van der Waals surface area contributed by atoms with E-state index >= 15 is 0 Å². The number of nitrogens with one attached hydrogen (secondary N) is 3. The Bertz CT molecular complexity index is 2880. The lowest BCUT2D eigenvalue weighted by Crippen LogP contribution is -2.54. The lowest BCUT2D eigenvalue weighted by Gasteiger charge is -2.56. The number of nitrogens with zero attached hydrogens (tertiary/aromatic N) is 6.